The predicted octanol–water partition coefficient (Wildman–Crippen LogP) is 2.64. The van der Waals surface area contributed by atoms with Crippen LogP contribution >= 0.6 is 0 Å². The maximum atomic E-state index is 14.0. The lowest BCUT2D eigenvalue weighted by molar-refractivity contribution is 0.0909. The normalized spacial score (nSPS) is 17.6. The highest BCUT2D eigenvalue weighted by Crippen LogP contribution is 2.26. The lowest BCUT2D eigenvalue weighted by Gasteiger charge is -2.27. The van der Waals surface area contributed by atoms with Crippen LogP contribution in [-0.2, 0) is 26.1 Å². The average Bonchev–Trinajstić information content (AvgIpc) is 3.24. The van der Waals surface area contributed by atoms with Gasteiger partial charge in [-0.2, -0.15) is 10.4 Å². The van der Waals surface area contributed by atoms with E-state index in [1.54, 1.807) is 36.4 Å². The number of hydrogen-bond donors (Lipinski definition) is 1. The molecule has 1 N–H and O–H groups in total. The van der Waals surface area contributed by atoms with E-state index in [1.807, 2.05) is 10.7 Å². The molecule has 1 amide bonds. The van der Waals surface area contributed by atoms with Gasteiger partial charge < -0.3 is 10.1 Å². The standard InChI is InChI=1S/C24H22FN5O2/c25-21-4-2-1-3-17(21)13-29-7-8-30-20(14-29)11-22(28-30)24(31)27-19-10-18-9-16(12-26)5-6-23(18)32-15-19/h1-6,9,11,19H,7-8,10,13-15H2,(H,27,31)/t19-/m1/s1. The Morgan fingerprint density at radius 1 is 1.25 bits per heavy atom. The third-order valence-electron chi connectivity index (χ3n) is 5.89. The summed E-state index contributed by atoms with van der Waals surface area (Å²) < 4.78 is 21.6. The number of nitrogens with zero attached hydrogens (tertiary/aromatic N) is 4. The molecule has 0 spiro atoms. The van der Waals surface area contributed by atoms with Crippen molar-refractivity contribution in [1.82, 2.24) is 20.0 Å². The lowest BCUT2D eigenvalue weighted by atomic mass is 10.0. The largest absolute Gasteiger partial charge is 0.491 e. The van der Waals surface area contributed by atoms with Gasteiger partial charge in [-0.25, -0.2) is 4.39 Å². The fourth-order valence-corrected chi connectivity index (χ4v) is 4.25. The molecule has 0 bridgehead atoms. The van der Waals surface area contributed by atoms with Crippen LogP contribution in [0.2, 0.25) is 0 Å². The summed E-state index contributed by atoms with van der Waals surface area (Å²) in [5.41, 5.74) is 3.44. The van der Waals surface area contributed by atoms with Gasteiger partial charge in [0, 0.05) is 25.2 Å². The highest BCUT2D eigenvalue weighted by atomic mass is 19.1. The molecule has 32 heavy (non-hydrogen) atoms. The Kier molecular flexibility index (Phi) is 5.33. The molecular formula is C24H22FN5O2. The van der Waals surface area contributed by atoms with Crippen molar-refractivity contribution in [3.8, 4) is 11.8 Å². The molecular weight excluding hydrogens is 409 g/mol. The molecule has 7 nitrogen and oxygen atoms in total. The van der Waals surface area contributed by atoms with Gasteiger partial charge in [-0.3, -0.25) is 14.4 Å². The van der Waals surface area contributed by atoms with Gasteiger partial charge >= 0.3 is 0 Å². The Balaban J connectivity index is 1.23. The molecule has 0 aliphatic carbocycles. The van der Waals surface area contributed by atoms with Crippen molar-refractivity contribution in [2.75, 3.05) is 13.2 Å². The molecule has 2 aromatic carbocycles. The predicted molar refractivity (Wildman–Crippen MR) is 114 cm³/mol. The molecule has 0 fully saturated rings. The topological polar surface area (TPSA) is 83.2 Å². The van der Waals surface area contributed by atoms with Crippen LogP contribution in [0.15, 0.2) is 48.5 Å². The summed E-state index contributed by atoms with van der Waals surface area (Å²) in [7, 11) is 0. The van der Waals surface area contributed by atoms with Gasteiger partial charge in [0.1, 0.15) is 18.2 Å². The second-order valence-corrected chi connectivity index (χ2v) is 8.17. The van der Waals surface area contributed by atoms with E-state index in [2.05, 4.69) is 21.4 Å². The van der Waals surface area contributed by atoms with E-state index in [0.29, 0.717) is 49.5 Å². The molecule has 3 heterocycles. The van der Waals surface area contributed by atoms with Gasteiger partial charge in [-0.05, 0) is 42.3 Å². The van der Waals surface area contributed by atoms with E-state index in [-0.39, 0.29) is 17.8 Å². The van der Waals surface area contributed by atoms with Gasteiger partial charge in [-0.1, -0.05) is 18.2 Å². The van der Waals surface area contributed by atoms with E-state index in [0.717, 1.165) is 23.6 Å². The van der Waals surface area contributed by atoms with Crippen LogP contribution < -0.4 is 10.1 Å². The first-order chi connectivity index (χ1) is 15.6. The van der Waals surface area contributed by atoms with E-state index < -0.39 is 0 Å². The summed E-state index contributed by atoms with van der Waals surface area (Å²) in [4.78, 5) is 15.0. The quantitative estimate of drug-likeness (QED) is 0.687. The molecule has 0 unspecified atom stereocenters. The number of nitrogens with one attached hydrogen (secondary N) is 1. The van der Waals surface area contributed by atoms with Crippen molar-refractivity contribution < 1.29 is 13.9 Å². The van der Waals surface area contributed by atoms with E-state index in [4.69, 9.17) is 10.00 Å². The van der Waals surface area contributed by atoms with Gasteiger partial charge in [-0.15, -0.1) is 0 Å². The van der Waals surface area contributed by atoms with Crippen molar-refractivity contribution in [1.29, 1.82) is 5.26 Å². The Labute approximate surface area is 185 Å². The van der Waals surface area contributed by atoms with Gasteiger partial charge in [0.2, 0.25) is 0 Å². The van der Waals surface area contributed by atoms with Crippen molar-refractivity contribution >= 4 is 5.91 Å². The summed E-state index contributed by atoms with van der Waals surface area (Å²) in [6.07, 6.45) is 0.598. The number of benzene rings is 2. The van der Waals surface area contributed by atoms with E-state index in [1.165, 1.54) is 6.07 Å². The maximum Gasteiger partial charge on any atom is 0.272 e. The minimum atomic E-state index is -0.249. The average molecular weight is 431 g/mol. The first-order valence-corrected chi connectivity index (χ1v) is 10.6. The van der Waals surface area contributed by atoms with Crippen molar-refractivity contribution in [2.24, 2.45) is 0 Å². The second kappa shape index (κ2) is 8.44. The van der Waals surface area contributed by atoms with Crippen LogP contribution in [0.1, 0.15) is 32.9 Å². The molecule has 5 rings (SSSR count). The Morgan fingerprint density at radius 3 is 2.97 bits per heavy atom. The number of fused-ring (bicyclic) bond motifs is 2. The van der Waals surface area contributed by atoms with Crippen LogP contribution in [0.3, 0.4) is 0 Å². The minimum absolute atomic E-state index is 0.194. The number of carbonyl (C=O) groups excluding carboxylic acids is 1. The number of rotatable bonds is 4. The molecule has 162 valence electrons. The molecule has 0 saturated carbocycles. The number of ether oxygens (including phenoxy) is 1. The van der Waals surface area contributed by atoms with Crippen LogP contribution in [-0.4, -0.2) is 39.8 Å². The van der Waals surface area contributed by atoms with Crippen LogP contribution in [0.25, 0.3) is 0 Å². The Morgan fingerprint density at radius 2 is 2.12 bits per heavy atom. The molecule has 0 radical (unpaired) electrons. The van der Waals surface area contributed by atoms with Crippen molar-refractivity contribution in [2.45, 2.75) is 32.1 Å². The van der Waals surface area contributed by atoms with Crippen LogP contribution in [0.4, 0.5) is 4.39 Å². The molecule has 3 aromatic rings. The van der Waals surface area contributed by atoms with Crippen molar-refractivity contribution in [3.05, 3.63) is 82.4 Å². The second-order valence-electron chi connectivity index (χ2n) is 8.17. The number of hydrogen-bond acceptors (Lipinski definition) is 5. The number of amides is 1. The molecule has 2 aliphatic rings. The highest BCUT2D eigenvalue weighted by molar-refractivity contribution is 5.92. The number of aromatic nitrogens is 2. The maximum absolute atomic E-state index is 14.0. The van der Waals surface area contributed by atoms with Crippen LogP contribution in [0.5, 0.6) is 5.75 Å². The first kappa shape index (κ1) is 20.2. The number of carbonyl (C=O) groups is 1. The zero-order chi connectivity index (χ0) is 22.1. The fraction of sp³-hybridized carbons (Fsp3) is 0.292. The third-order valence-corrected chi connectivity index (χ3v) is 5.89. The zero-order valence-electron chi connectivity index (χ0n) is 17.4. The van der Waals surface area contributed by atoms with Gasteiger partial charge in [0.15, 0.2) is 5.69 Å². The van der Waals surface area contributed by atoms with Gasteiger partial charge in [0.05, 0.1) is 29.9 Å². The number of nitriles is 1. The van der Waals surface area contributed by atoms with Gasteiger partial charge in [0.25, 0.3) is 5.91 Å². The molecule has 1 atom stereocenters. The molecule has 8 heteroatoms. The molecule has 2 aliphatic heterocycles. The Bertz CT molecular complexity index is 1220. The fourth-order valence-electron chi connectivity index (χ4n) is 4.25. The lowest BCUT2D eigenvalue weighted by Crippen LogP contribution is -2.42. The van der Waals surface area contributed by atoms with E-state index in [9.17, 15) is 9.18 Å². The minimum Gasteiger partial charge on any atom is -0.491 e. The smallest absolute Gasteiger partial charge is 0.272 e. The van der Waals surface area contributed by atoms with Crippen LogP contribution in [0, 0.1) is 17.1 Å². The monoisotopic (exact) mass is 431 g/mol. The highest BCUT2D eigenvalue weighted by Gasteiger charge is 2.25. The van der Waals surface area contributed by atoms with Crippen molar-refractivity contribution in [3.63, 3.8) is 0 Å². The summed E-state index contributed by atoms with van der Waals surface area (Å²) in [6.45, 7) is 2.87. The molecule has 0 saturated heterocycles. The number of halogens is 1. The van der Waals surface area contributed by atoms with E-state index >= 15 is 0 Å². The first-order valence-electron chi connectivity index (χ1n) is 10.6. The molecule has 1 aromatic heterocycles. The Hall–Kier alpha value is -3.70. The zero-order valence-corrected chi connectivity index (χ0v) is 17.4. The summed E-state index contributed by atoms with van der Waals surface area (Å²) in [6, 6.07) is 15.8. The summed E-state index contributed by atoms with van der Waals surface area (Å²) >= 11 is 0. The third kappa shape index (κ3) is 4.07. The summed E-state index contributed by atoms with van der Waals surface area (Å²) in [5.74, 6) is 0.299. The SMILES string of the molecule is N#Cc1ccc2c(c1)C[C@@H](NC(=O)c1cc3n(n1)CCN(Cc1ccccc1F)C3)CO2. The summed E-state index contributed by atoms with van der Waals surface area (Å²) in [5, 5.41) is 16.6.